The van der Waals surface area contributed by atoms with Gasteiger partial charge in [-0.15, -0.1) is 35.3 Å². The maximum absolute atomic E-state index is 5.12. The molecule has 0 fully saturated rings. The van der Waals surface area contributed by atoms with Crippen LogP contribution in [0.15, 0.2) is 10.4 Å². The molecule has 0 saturated heterocycles. The zero-order valence-corrected chi connectivity index (χ0v) is 19.2. The van der Waals surface area contributed by atoms with Gasteiger partial charge in [0, 0.05) is 44.5 Å². The Labute approximate surface area is 181 Å². The highest BCUT2D eigenvalue weighted by atomic mass is 127. The van der Waals surface area contributed by atoms with Crippen molar-refractivity contribution >= 4 is 41.3 Å². The molecule has 3 heterocycles. The molecule has 0 aliphatic carbocycles. The minimum atomic E-state index is 0. The molecule has 0 radical (unpaired) electrons. The average molecular weight is 505 g/mol. The summed E-state index contributed by atoms with van der Waals surface area (Å²) in [6.07, 6.45) is 2.78. The van der Waals surface area contributed by atoms with E-state index in [4.69, 9.17) is 9.73 Å². The van der Waals surface area contributed by atoms with Gasteiger partial charge in [0.05, 0.1) is 17.2 Å². The maximum atomic E-state index is 5.12. The predicted octanol–water partition coefficient (Wildman–Crippen LogP) is 1.92. The van der Waals surface area contributed by atoms with Crippen molar-refractivity contribution < 1.29 is 4.74 Å². The second kappa shape index (κ2) is 10.9. The summed E-state index contributed by atoms with van der Waals surface area (Å²) in [5.41, 5.74) is 1.11. The normalized spacial score (nSPS) is 16.6. The standard InChI is InChI=1S/C17H27N7OS.HI/c1-4-18-17(19-8-7-14-11-26-12(2)20-14)21-13-5-6-16-22-15(10-25-3)23-24(16)9-13;/h11,13H,4-10H2,1-3H3,(H2,18,19,21);1H. The number of nitrogens with zero attached hydrogens (tertiary/aromatic N) is 5. The number of halogens is 1. The third kappa shape index (κ3) is 6.39. The molecular weight excluding hydrogens is 477 g/mol. The summed E-state index contributed by atoms with van der Waals surface area (Å²) in [7, 11) is 1.66. The Bertz CT molecular complexity index is 745. The largest absolute Gasteiger partial charge is 0.377 e. The lowest BCUT2D eigenvalue weighted by Gasteiger charge is -2.25. The molecule has 150 valence electrons. The van der Waals surface area contributed by atoms with E-state index in [1.54, 1.807) is 18.4 Å². The molecule has 8 nitrogen and oxygen atoms in total. The van der Waals surface area contributed by atoms with Crippen LogP contribution >= 0.6 is 35.3 Å². The zero-order chi connectivity index (χ0) is 18.4. The fourth-order valence-electron chi connectivity index (χ4n) is 2.99. The van der Waals surface area contributed by atoms with Gasteiger partial charge in [-0.1, -0.05) is 0 Å². The first-order chi connectivity index (χ1) is 12.7. The monoisotopic (exact) mass is 505 g/mol. The first kappa shape index (κ1) is 22.0. The Kier molecular flexibility index (Phi) is 8.90. The Morgan fingerprint density at radius 3 is 3.00 bits per heavy atom. The van der Waals surface area contributed by atoms with Crippen molar-refractivity contribution in [2.24, 2.45) is 4.99 Å². The minimum Gasteiger partial charge on any atom is -0.377 e. The number of hydrogen-bond acceptors (Lipinski definition) is 6. The summed E-state index contributed by atoms with van der Waals surface area (Å²) in [5, 5.41) is 14.6. The number of aliphatic imine (C=N–C) groups is 1. The predicted molar refractivity (Wildman–Crippen MR) is 118 cm³/mol. The zero-order valence-electron chi connectivity index (χ0n) is 16.1. The number of aryl methyl sites for hydroxylation is 2. The fraction of sp³-hybridized carbons (Fsp3) is 0.647. The topological polar surface area (TPSA) is 89.2 Å². The molecule has 10 heteroatoms. The van der Waals surface area contributed by atoms with E-state index in [0.29, 0.717) is 12.6 Å². The molecule has 0 spiro atoms. The number of nitrogens with one attached hydrogen (secondary N) is 2. The van der Waals surface area contributed by atoms with E-state index in [0.717, 1.165) is 67.2 Å². The van der Waals surface area contributed by atoms with E-state index < -0.39 is 0 Å². The highest BCUT2D eigenvalue weighted by Crippen LogP contribution is 2.13. The number of aromatic nitrogens is 4. The molecule has 2 N–H and O–H groups in total. The van der Waals surface area contributed by atoms with Gasteiger partial charge >= 0.3 is 0 Å². The van der Waals surface area contributed by atoms with Crippen molar-refractivity contribution in [3.63, 3.8) is 0 Å². The number of thiazole rings is 1. The molecule has 0 aromatic carbocycles. The van der Waals surface area contributed by atoms with Crippen LogP contribution in [0.2, 0.25) is 0 Å². The summed E-state index contributed by atoms with van der Waals surface area (Å²) >= 11 is 1.69. The molecule has 2 aromatic rings. The molecule has 1 unspecified atom stereocenters. The Hall–Kier alpha value is -1.27. The SMILES string of the molecule is CCNC(=NCCc1csc(C)n1)NC1CCc2nc(COC)nn2C1.I. The van der Waals surface area contributed by atoms with Crippen molar-refractivity contribution in [2.45, 2.75) is 52.3 Å². The van der Waals surface area contributed by atoms with Crippen LogP contribution in [0.3, 0.4) is 0 Å². The van der Waals surface area contributed by atoms with Crippen molar-refractivity contribution in [1.29, 1.82) is 0 Å². The van der Waals surface area contributed by atoms with Crippen LogP contribution in [0.25, 0.3) is 0 Å². The third-order valence-electron chi connectivity index (χ3n) is 4.16. The smallest absolute Gasteiger partial charge is 0.191 e. The second-order valence-electron chi connectivity index (χ2n) is 6.31. The highest BCUT2D eigenvalue weighted by Gasteiger charge is 2.22. The van der Waals surface area contributed by atoms with Crippen LogP contribution in [-0.4, -0.2) is 51.9 Å². The van der Waals surface area contributed by atoms with Crippen molar-refractivity contribution in [3.8, 4) is 0 Å². The van der Waals surface area contributed by atoms with Crippen LogP contribution in [0.4, 0.5) is 0 Å². The molecule has 1 aliphatic rings. The van der Waals surface area contributed by atoms with Crippen molar-refractivity contribution in [1.82, 2.24) is 30.4 Å². The molecule has 1 aliphatic heterocycles. The Balaban J connectivity index is 0.00000261. The van der Waals surface area contributed by atoms with Gasteiger partial charge < -0.3 is 15.4 Å². The minimum absolute atomic E-state index is 0. The molecule has 1 atom stereocenters. The number of ether oxygens (including phenoxy) is 1. The molecular formula is C17H28IN7OS. The van der Waals surface area contributed by atoms with Gasteiger partial charge in [-0.25, -0.2) is 14.6 Å². The molecule has 0 saturated carbocycles. The number of hydrogen-bond donors (Lipinski definition) is 2. The number of fused-ring (bicyclic) bond motifs is 1. The second-order valence-corrected chi connectivity index (χ2v) is 7.37. The first-order valence-electron chi connectivity index (χ1n) is 9.05. The van der Waals surface area contributed by atoms with E-state index in [2.05, 4.69) is 38.0 Å². The molecule has 27 heavy (non-hydrogen) atoms. The molecule has 3 rings (SSSR count). The quantitative estimate of drug-likeness (QED) is 0.340. The van der Waals surface area contributed by atoms with E-state index in [9.17, 15) is 0 Å². The first-order valence-corrected chi connectivity index (χ1v) is 9.93. The summed E-state index contributed by atoms with van der Waals surface area (Å²) < 4.78 is 7.11. The van der Waals surface area contributed by atoms with Crippen molar-refractivity contribution in [3.05, 3.63) is 27.7 Å². The fourth-order valence-corrected chi connectivity index (χ4v) is 3.63. The van der Waals surface area contributed by atoms with E-state index in [1.807, 2.05) is 11.6 Å². The average Bonchev–Trinajstić information content (AvgIpc) is 3.20. The van der Waals surface area contributed by atoms with Crippen molar-refractivity contribution in [2.75, 3.05) is 20.2 Å². The van der Waals surface area contributed by atoms with Gasteiger partial charge in [0.15, 0.2) is 11.8 Å². The van der Waals surface area contributed by atoms with Gasteiger partial charge in [-0.2, -0.15) is 5.10 Å². The van der Waals surface area contributed by atoms with Gasteiger partial charge in [-0.05, 0) is 20.3 Å². The van der Waals surface area contributed by atoms with Gasteiger partial charge in [0.25, 0.3) is 0 Å². The van der Waals surface area contributed by atoms with Crippen LogP contribution in [-0.2, 0) is 30.7 Å². The Morgan fingerprint density at radius 1 is 1.44 bits per heavy atom. The van der Waals surface area contributed by atoms with Gasteiger partial charge in [0.2, 0.25) is 0 Å². The number of rotatable bonds is 7. The molecule has 0 bridgehead atoms. The molecule has 2 aromatic heterocycles. The molecule has 0 amide bonds. The number of methoxy groups -OCH3 is 1. The lowest BCUT2D eigenvalue weighted by molar-refractivity contribution is 0.177. The van der Waals surface area contributed by atoms with E-state index in [1.165, 1.54) is 0 Å². The van der Waals surface area contributed by atoms with Gasteiger partial charge in [0.1, 0.15) is 12.4 Å². The van der Waals surface area contributed by atoms with E-state index >= 15 is 0 Å². The van der Waals surface area contributed by atoms with Gasteiger partial charge in [-0.3, -0.25) is 4.99 Å². The lowest BCUT2D eigenvalue weighted by atomic mass is 10.1. The van der Waals surface area contributed by atoms with E-state index in [-0.39, 0.29) is 24.0 Å². The number of guanidine groups is 1. The lowest BCUT2D eigenvalue weighted by Crippen LogP contribution is -2.47. The highest BCUT2D eigenvalue weighted by molar-refractivity contribution is 14.0. The third-order valence-corrected chi connectivity index (χ3v) is 4.99. The van der Waals surface area contributed by atoms with Crippen LogP contribution in [0.1, 0.15) is 35.7 Å². The summed E-state index contributed by atoms with van der Waals surface area (Å²) in [6.45, 7) is 6.91. The van der Waals surface area contributed by atoms with Crippen LogP contribution in [0.5, 0.6) is 0 Å². The summed E-state index contributed by atoms with van der Waals surface area (Å²) in [4.78, 5) is 13.7. The van der Waals surface area contributed by atoms with Crippen LogP contribution in [0, 0.1) is 6.92 Å². The Morgan fingerprint density at radius 2 is 2.30 bits per heavy atom. The summed E-state index contributed by atoms with van der Waals surface area (Å²) in [6, 6.07) is 0.291. The maximum Gasteiger partial charge on any atom is 0.191 e. The van der Waals surface area contributed by atoms with Crippen LogP contribution < -0.4 is 10.6 Å². The summed E-state index contributed by atoms with van der Waals surface area (Å²) in [5.74, 6) is 2.64.